The van der Waals surface area contributed by atoms with Gasteiger partial charge in [-0.2, -0.15) is 0 Å². The molecule has 2 aromatic rings. The van der Waals surface area contributed by atoms with Gasteiger partial charge in [0.2, 0.25) is 0 Å². The first-order valence-corrected chi connectivity index (χ1v) is 8.30. The number of nitrogens with zero attached hydrogens (tertiary/aromatic N) is 1. The second kappa shape index (κ2) is 7.62. The van der Waals surface area contributed by atoms with Crippen LogP contribution in [0.3, 0.4) is 0 Å². The number of carbonyl (C=O) groups is 1. The van der Waals surface area contributed by atoms with E-state index in [-0.39, 0.29) is 12.0 Å². The van der Waals surface area contributed by atoms with E-state index >= 15 is 0 Å². The lowest BCUT2D eigenvalue weighted by molar-refractivity contribution is -0.00672. The van der Waals surface area contributed by atoms with E-state index < -0.39 is 0 Å². The summed E-state index contributed by atoms with van der Waals surface area (Å²) >= 11 is 5.98. The summed E-state index contributed by atoms with van der Waals surface area (Å²) in [6.45, 7) is 2.00. The lowest BCUT2D eigenvalue weighted by Gasteiger charge is -2.32. The second-order valence-corrected chi connectivity index (χ2v) is 6.26. The van der Waals surface area contributed by atoms with Gasteiger partial charge in [0.05, 0.1) is 12.7 Å². The topological polar surface area (TPSA) is 29.5 Å². The van der Waals surface area contributed by atoms with Crippen LogP contribution in [-0.2, 0) is 11.3 Å². The Bertz CT molecular complexity index is 659. The molecule has 120 valence electrons. The Balaban J connectivity index is 1.58. The molecule has 23 heavy (non-hydrogen) atoms. The lowest BCUT2D eigenvalue weighted by Crippen LogP contribution is -2.43. The molecule has 0 aromatic heterocycles. The van der Waals surface area contributed by atoms with Gasteiger partial charge in [-0.25, -0.2) is 0 Å². The van der Waals surface area contributed by atoms with Crippen LogP contribution in [0.5, 0.6) is 0 Å². The minimum Gasteiger partial charge on any atom is -0.372 e. The van der Waals surface area contributed by atoms with E-state index in [1.165, 1.54) is 0 Å². The van der Waals surface area contributed by atoms with Gasteiger partial charge in [-0.05, 0) is 36.6 Å². The van der Waals surface area contributed by atoms with E-state index in [0.717, 1.165) is 24.9 Å². The van der Waals surface area contributed by atoms with Crippen molar-refractivity contribution in [2.75, 3.05) is 13.1 Å². The minimum atomic E-state index is 0.0283. The first-order valence-electron chi connectivity index (χ1n) is 7.93. The van der Waals surface area contributed by atoms with Crippen LogP contribution in [0.4, 0.5) is 0 Å². The number of likely N-dealkylation sites (tertiary alicyclic amines) is 1. The molecule has 0 spiro atoms. The van der Waals surface area contributed by atoms with Crippen LogP contribution < -0.4 is 0 Å². The molecule has 1 fully saturated rings. The highest BCUT2D eigenvalue weighted by molar-refractivity contribution is 6.30. The highest BCUT2D eigenvalue weighted by atomic mass is 35.5. The van der Waals surface area contributed by atoms with Crippen molar-refractivity contribution in [2.45, 2.75) is 25.6 Å². The zero-order valence-electron chi connectivity index (χ0n) is 13.0. The first-order chi connectivity index (χ1) is 11.2. The zero-order valence-corrected chi connectivity index (χ0v) is 13.7. The van der Waals surface area contributed by atoms with Gasteiger partial charge >= 0.3 is 0 Å². The maximum Gasteiger partial charge on any atom is 0.253 e. The summed E-state index contributed by atoms with van der Waals surface area (Å²) < 4.78 is 5.99. The zero-order chi connectivity index (χ0) is 16.1. The molecular weight excluding hydrogens is 310 g/mol. The largest absolute Gasteiger partial charge is 0.372 e. The summed E-state index contributed by atoms with van der Waals surface area (Å²) in [6, 6.07) is 17.2. The number of hydrogen-bond acceptors (Lipinski definition) is 2. The van der Waals surface area contributed by atoms with E-state index in [4.69, 9.17) is 16.3 Å². The van der Waals surface area contributed by atoms with Crippen molar-refractivity contribution in [3.8, 4) is 0 Å². The predicted molar refractivity (Wildman–Crippen MR) is 91.6 cm³/mol. The lowest BCUT2D eigenvalue weighted by atomic mass is 10.1. The van der Waals surface area contributed by atoms with Gasteiger partial charge in [0.15, 0.2) is 0 Å². The molecule has 1 atom stereocenters. The number of piperidine rings is 1. The summed E-state index contributed by atoms with van der Waals surface area (Å²) in [5.74, 6) is 0.0283. The molecule has 0 N–H and O–H groups in total. The monoisotopic (exact) mass is 329 g/mol. The van der Waals surface area contributed by atoms with Gasteiger partial charge in [-0.3, -0.25) is 4.79 Å². The first kappa shape index (κ1) is 16.0. The van der Waals surface area contributed by atoms with Crippen LogP contribution in [0.1, 0.15) is 28.8 Å². The van der Waals surface area contributed by atoms with Gasteiger partial charge in [0.25, 0.3) is 5.91 Å². The molecule has 1 heterocycles. The summed E-state index contributed by atoms with van der Waals surface area (Å²) in [5.41, 5.74) is 1.80. The van der Waals surface area contributed by atoms with E-state index in [2.05, 4.69) is 12.1 Å². The third-order valence-corrected chi connectivity index (χ3v) is 4.30. The van der Waals surface area contributed by atoms with Gasteiger partial charge in [-0.15, -0.1) is 0 Å². The van der Waals surface area contributed by atoms with Crippen LogP contribution in [0, 0.1) is 0 Å². The maximum atomic E-state index is 12.6. The average molecular weight is 330 g/mol. The Labute approximate surface area is 141 Å². The Hall–Kier alpha value is -1.84. The molecule has 0 bridgehead atoms. The molecule has 0 aliphatic carbocycles. The SMILES string of the molecule is O=C(c1cccc(Cl)c1)N1CCC[C@H](OCc2ccccc2)C1. The second-order valence-electron chi connectivity index (χ2n) is 5.82. The average Bonchev–Trinajstić information content (AvgIpc) is 2.60. The quantitative estimate of drug-likeness (QED) is 0.843. The molecular formula is C19H20ClNO2. The number of amides is 1. The van der Waals surface area contributed by atoms with Crippen molar-refractivity contribution >= 4 is 17.5 Å². The maximum absolute atomic E-state index is 12.6. The summed E-state index contributed by atoms with van der Waals surface area (Å²) in [6.07, 6.45) is 2.05. The summed E-state index contributed by atoms with van der Waals surface area (Å²) in [7, 11) is 0. The summed E-state index contributed by atoms with van der Waals surface area (Å²) in [4.78, 5) is 14.4. The van der Waals surface area contributed by atoms with Crippen LogP contribution >= 0.6 is 11.6 Å². The standard InChI is InChI=1S/C19H20ClNO2/c20-17-9-4-8-16(12-17)19(22)21-11-5-10-18(13-21)23-14-15-6-2-1-3-7-15/h1-4,6-9,12,18H,5,10-11,13-14H2/t18-/m0/s1. The molecule has 4 heteroatoms. The highest BCUT2D eigenvalue weighted by Crippen LogP contribution is 2.19. The Morgan fingerprint density at radius 2 is 2.00 bits per heavy atom. The number of ether oxygens (including phenoxy) is 1. The summed E-state index contributed by atoms with van der Waals surface area (Å²) in [5, 5.41) is 0.588. The van der Waals surface area contributed by atoms with Crippen LogP contribution in [0.2, 0.25) is 5.02 Å². The molecule has 3 nitrogen and oxygen atoms in total. The molecule has 0 radical (unpaired) electrons. The fourth-order valence-electron chi connectivity index (χ4n) is 2.85. The number of benzene rings is 2. The Morgan fingerprint density at radius 1 is 1.17 bits per heavy atom. The van der Waals surface area contributed by atoms with E-state index in [9.17, 15) is 4.79 Å². The highest BCUT2D eigenvalue weighted by Gasteiger charge is 2.25. The van der Waals surface area contributed by atoms with E-state index in [1.54, 1.807) is 12.1 Å². The van der Waals surface area contributed by atoms with Crippen molar-refractivity contribution in [3.05, 3.63) is 70.7 Å². The van der Waals surface area contributed by atoms with Crippen molar-refractivity contribution in [1.82, 2.24) is 4.90 Å². The number of halogens is 1. The van der Waals surface area contributed by atoms with Crippen LogP contribution in [0.15, 0.2) is 54.6 Å². The normalized spacial score (nSPS) is 18.0. The molecule has 1 aliphatic heterocycles. The molecule has 0 unspecified atom stereocenters. The van der Waals surface area contributed by atoms with Gasteiger partial charge in [0.1, 0.15) is 0 Å². The van der Waals surface area contributed by atoms with Gasteiger partial charge in [0, 0.05) is 23.7 Å². The van der Waals surface area contributed by atoms with Gasteiger partial charge < -0.3 is 9.64 Å². The van der Waals surface area contributed by atoms with Crippen molar-refractivity contribution < 1.29 is 9.53 Å². The third kappa shape index (κ3) is 4.34. The van der Waals surface area contributed by atoms with Crippen molar-refractivity contribution in [1.29, 1.82) is 0 Å². The predicted octanol–water partition coefficient (Wildman–Crippen LogP) is 4.16. The van der Waals surface area contributed by atoms with Crippen LogP contribution in [-0.4, -0.2) is 30.0 Å². The third-order valence-electron chi connectivity index (χ3n) is 4.07. The van der Waals surface area contributed by atoms with Crippen molar-refractivity contribution in [3.63, 3.8) is 0 Å². The number of hydrogen-bond donors (Lipinski definition) is 0. The number of carbonyl (C=O) groups excluding carboxylic acids is 1. The molecule has 0 saturated carbocycles. The molecule has 3 rings (SSSR count). The van der Waals surface area contributed by atoms with Crippen LogP contribution in [0.25, 0.3) is 0 Å². The number of rotatable bonds is 4. The fourth-order valence-corrected chi connectivity index (χ4v) is 3.04. The smallest absolute Gasteiger partial charge is 0.253 e. The molecule has 1 aliphatic rings. The fraction of sp³-hybridized carbons (Fsp3) is 0.316. The van der Waals surface area contributed by atoms with E-state index in [1.807, 2.05) is 35.2 Å². The van der Waals surface area contributed by atoms with E-state index in [0.29, 0.717) is 23.7 Å². The molecule has 2 aromatic carbocycles. The van der Waals surface area contributed by atoms with Gasteiger partial charge in [-0.1, -0.05) is 48.0 Å². The minimum absolute atomic E-state index is 0.0283. The van der Waals surface area contributed by atoms with Crippen molar-refractivity contribution in [2.24, 2.45) is 0 Å². The molecule has 1 saturated heterocycles. The Morgan fingerprint density at radius 3 is 2.78 bits per heavy atom. The Kier molecular flexibility index (Phi) is 5.31. The molecule has 1 amide bonds.